The number of fused-ring (bicyclic) bond motifs is 1. The average molecular weight is 580 g/mol. The van der Waals surface area contributed by atoms with Crippen LogP contribution in [-0.2, 0) is 9.53 Å². The first-order valence-corrected chi connectivity index (χ1v) is 14.2. The highest BCUT2D eigenvalue weighted by Gasteiger charge is 2.34. The molecule has 4 heterocycles. The number of thiazole rings is 1. The second-order valence-electron chi connectivity index (χ2n) is 8.77. The highest BCUT2D eigenvalue weighted by Crippen LogP contribution is 2.36. The van der Waals surface area contributed by atoms with Crippen LogP contribution >= 0.6 is 22.7 Å². The Balaban J connectivity index is 1.62. The van der Waals surface area contributed by atoms with Crippen LogP contribution in [0.1, 0.15) is 43.4 Å². The summed E-state index contributed by atoms with van der Waals surface area (Å²) < 4.78 is 18.7. The molecule has 40 heavy (non-hydrogen) atoms. The molecular weight excluding hydrogens is 554 g/mol. The molecule has 3 aromatic heterocycles. The summed E-state index contributed by atoms with van der Waals surface area (Å²) in [5, 5.41) is 13.0. The van der Waals surface area contributed by atoms with Gasteiger partial charge in [0.2, 0.25) is 0 Å². The Morgan fingerprint density at radius 1 is 1.25 bits per heavy atom. The van der Waals surface area contributed by atoms with Crippen LogP contribution in [0.5, 0.6) is 5.75 Å². The van der Waals surface area contributed by atoms with Crippen molar-refractivity contribution < 1.29 is 23.6 Å². The Morgan fingerprint density at radius 2 is 2.08 bits per heavy atom. The van der Waals surface area contributed by atoms with Gasteiger partial charge in [0.1, 0.15) is 23.3 Å². The van der Waals surface area contributed by atoms with E-state index in [0.29, 0.717) is 49.9 Å². The van der Waals surface area contributed by atoms with Crippen LogP contribution in [0.15, 0.2) is 73.3 Å². The molecule has 206 valence electrons. The van der Waals surface area contributed by atoms with E-state index < -0.39 is 16.9 Å². The van der Waals surface area contributed by atoms with E-state index in [1.807, 2.05) is 24.4 Å². The summed E-state index contributed by atoms with van der Waals surface area (Å²) in [6, 6.07) is 10.8. The SMILES string of the molecule is CCCC1=C(C(=O)OCC)C(c2cccs2)n2c(s/c(=C\c3ccc(-c4ccc([N+](=O)[O-])cc4OC)o3)c2=O)=N1. The molecular formula is C28H25N3O7S2. The number of carbonyl (C=O) groups is 1. The molecule has 1 unspecified atom stereocenters. The Morgan fingerprint density at radius 3 is 2.75 bits per heavy atom. The van der Waals surface area contributed by atoms with Crippen molar-refractivity contribution in [3.05, 3.63) is 99.6 Å². The van der Waals surface area contributed by atoms with E-state index in [2.05, 4.69) is 0 Å². The number of rotatable bonds is 9. The first kappa shape index (κ1) is 27.3. The van der Waals surface area contributed by atoms with E-state index in [-0.39, 0.29) is 17.9 Å². The molecule has 5 rings (SSSR count). The minimum absolute atomic E-state index is 0.0987. The van der Waals surface area contributed by atoms with Crippen LogP contribution in [0.4, 0.5) is 5.69 Å². The predicted octanol–water partition coefficient (Wildman–Crippen LogP) is 4.82. The summed E-state index contributed by atoms with van der Waals surface area (Å²) in [6.07, 6.45) is 2.97. The molecule has 0 amide bonds. The zero-order valence-corrected chi connectivity index (χ0v) is 23.5. The molecule has 0 radical (unpaired) electrons. The molecule has 1 aromatic carbocycles. The minimum atomic E-state index is -0.643. The van der Waals surface area contributed by atoms with Gasteiger partial charge in [-0.2, -0.15) is 0 Å². The summed E-state index contributed by atoms with van der Waals surface area (Å²) >= 11 is 2.68. The van der Waals surface area contributed by atoms with Gasteiger partial charge in [0.25, 0.3) is 11.2 Å². The fourth-order valence-corrected chi connectivity index (χ4v) is 6.36. The lowest BCUT2D eigenvalue weighted by atomic mass is 9.99. The smallest absolute Gasteiger partial charge is 0.338 e. The van der Waals surface area contributed by atoms with Crippen LogP contribution < -0.4 is 19.6 Å². The summed E-state index contributed by atoms with van der Waals surface area (Å²) in [7, 11) is 1.43. The summed E-state index contributed by atoms with van der Waals surface area (Å²) in [4.78, 5) is 43.6. The lowest BCUT2D eigenvalue weighted by molar-refractivity contribution is -0.384. The average Bonchev–Trinajstić information content (AvgIpc) is 3.70. The number of hydrogen-bond acceptors (Lipinski definition) is 10. The summed E-state index contributed by atoms with van der Waals surface area (Å²) in [5.41, 5.74) is 1.15. The number of non-ortho nitro benzene ring substituents is 1. The third-order valence-electron chi connectivity index (χ3n) is 6.27. The van der Waals surface area contributed by atoms with Crippen molar-refractivity contribution >= 4 is 40.4 Å². The van der Waals surface area contributed by atoms with E-state index in [1.165, 1.54) is 41.9 Å². The molecule has 12 heteroatoms. The lowest BCUT2D eigenvalue weighted by Crippen LogP contribution is -2.39. The van der Waals surface area contributed by atoms with Gasteiger partial charge in [-0.05, 0) is 43.0 Å². The Kier molecular flexibility index (Phi) is 7.81. The van der Waals surface area contributed by atoms with Crippen molar-refractivity contribution in [3.63, 3.8) is 0 Å². The molecule has 1 atom stereocenters. The maximum atomic E-state index is 13.8. The van der Waals surface area contributed by atoms with Gasteiger partial charge in [-0.1, -0.05) is 30.7 Å². The Hall–Kier alpha value is -4.29. The number of nitrogens with zero attached hydrogens (tertiary/aromatic N) is 3. The molecule has 1 aliphatic rings. The van der Waals surface area contributed by atoms with Gasteiger partial charge in [-0.3, -0.25) is 19.5 Å². The normalized spacial score (nSPS) is 15.1. The second-order valence-corrected chi connectivity index (χ2v) is 10.8. The number of esters is 1. The van der Waals surface area contributed by atoms with Gasteiger partial charge < -0.3 is 13.9 Å². The Bertz CT molecular complexity index is 1800. The number of hydrogen-bond donors (Lipinski definition) is 0. The van der Waals surface area contributed by atoms with Crippen LogP contribution in [0.2, 0.25) is 0 Å². The number of ether oxygens (including phenoxy) is 2. The van der Waals surface area contributed by atoms with E-state index in [0.717, 1.165) is 11.3 Å². The van der Waals surface area contributed by atoms with Crippen molar-refractivity contribution in [2.45, 2.75) is 32.7 Å². The highest BCUT2D eigenvalue weighted by atomic mass is 32.1. The van der Waals surface area contributed by atoms with Crippen molar-refractivity contribution in [2.24, 2.45) is 4.99 Å². The maximum Gasteiger partial charge on any atom is 0.338 e. The van der Waals surface area contributed by atoms with E-state index in [9.17, 15) is 19.7 Å². The molecule has 0 fully saturated rings. The third-order valence-corrected chi connectivity index (χ3v) is 8.17. The van der Waals surface area contributed by atoms with Crippen molar-refractivity contribution in [2.75, 3.05) is 13.7 Å². The van der Waals surface area contributed by atoms with Crippen molar-refractivity contribution in [3.8, 4) is 17.1 Å². The molecule has 0 saturated heterocycles. The van der Waals surface area contributed by atoms with Crippen molar-refractivity contribution in [1.29, 1.82) is 0 Å². The number of furan rings is 1. The van der Waals surface area contributed by atoms with Crippen LogP contribution in [-0.4, -0.2) is 29.2 Å². The summed E-state index contributed by atoms with van der Waals surface area (Å²) in [6.45, 7) is 3.97. The molecule has 10 nitrogen and oxygen atoms in total. The number of nitro benzene ring substituents is 1. The molecule has 4 aromatic rings. The van der Waals surface area contributed by atoms with E-state index in [4.69, 9.17) is 18.9 Å². The zero-order valence-electron chi connectivity index (χ0n) is 21.9. The van der Waals surface area contributed by atoms with Gasteiger partial charge in [-0.15, -0.1) is 11.3 Å². The number of benzene rings is 1. The van der Waals surface area contributed by atoms with E-state index in [1.54, 1.807) is 35.8 Å². The number of aromatic nitrogens is 1. The van der Waals surface area contributed by atoms with Gasteiger partial charge in [0.15, 0.2) is 4.80 Å². The fourth-order valence-electron chi connectivity index (χ4n) is 4.54. The molecule has 0 bridgehead atoms. The topological polar surface area (TPSA) is 126 Å². The number of methoxy groups -OCH3 is 1. The molecule has 0 aliphatic carbocycles. The zero-order chi connectivity index (χ0) is 28.4. The number of nitro groups is 1. The largest absolute Gasteiger partial charge is 0.496 e. The van der Waals surface area contributed by atoms with E-state index >= 15 is 0 Å². The quantitative estimate of drug-likeness (QED) is 0.158. The number of thiophene rings is 1. The molecule has 0 saturated carbocycles. The lowest BCUT2D eigenvalue weighted by Gasteiger charge is -2.24. The fraction of sp³-hybridized carbons (Fsp3) is 0.250. The van der Waals surface area contributed by atoms with Gasteiger partial charge in [0.05, 0.1) is 46.1 Å². The van der Waals surface area contributed by atoms with Crippen LogP contribution in [0, 0.1) is 10.1 Å². The van der Waals surface area contributed by atoms with Gasteiger partial charge in [-0.25, -0.2) is 9.79 Å². The second kappa shape index (κ2) is 11.4. The van der Waals surface area contributed by atoms with Gasteiger partial charge >= 0.3 is 5.97 Å². The number of carbonyl (C=O) groups excluding carboxylic acids is 1. The first-order chi connectivity index (χ1) is 19.4. The molecule has 0 spiro atoms. The van der Waals surface area contributed by atoms with Gasteiger partial charge in [0, 0.05) is 17.0 Å². The Labute approximate surface area is 236 Å². The maximum absolute atomic E-state index is 13.8. The number of allylic oxidation sites excluding steroid dienone is 1. The molecule has 1 aliphatic heterocycles. The van der Waals surface area contributed by atoms with Crippen LogP contribution in [0.3, 0.4) is 0 Å². The monoisotopic (exact) mass is 579 g/mol. The first-order valence-electron chi connectivity index (χ1n) is 12.5. The third kappa shape index (κ3) is 5.03. The summed E-state index contributed by atoms with van der Waals surface area (Å²) in [5.74, 6) is 0.652. The predicted molar refractivity (Wildman–Crippen MR) is 151 cm³/mol. The highest BCUT2D eigenvalue weighted by molar-refractivity contribution is 7.10. The standard InChI is InChI=1S/C28H25N3O7S2/c1-4-7-19-24(27(33)37-5-2)25(22-8-6-13-39-22)30-26(32)23(40-28(30)29-19)15-17-10-12-20(38-17)18-11-9-16(31(34)35)14-21(18)36-3/h6,8-15,25H,4-5,7H2,1-3H3/b23-15-. The van der Waals surface area contributed by atoms with Crippen molar-refractivity contribution in [1.82, 2.24) is 4.57 Å². The minimum Gasteiger partial charge on any atom is -0.496 e. The van der Waals surface area contributed by atoms with Crippen LogP contribution in [0.25, 0.3) is 17.4 Å². The molecule has 0 N–H and O–H groups in total.